The number of halogens is 2. The van der Waals surface area contributed by atoms with Gasteiger partial charge in [-0.3, -0.25) is 0 Å². The Kier molecular flexibility index (Phi) is 3.91. The summed E-state index contributed by atoms with van der Waals surface area (Å²) in [5.41, 5.74) is 1.63. The highest BCUT2D eigenvalue weighted by Gasteiger charge is 2.11. The van der Waals surface area contributed by atoms with Crippen molar-refractivity contribution in [3.05, 3.63) is 52.3 Å². The summed E-state index contributed by atoms with van der Waals surface area (Å²) in [7, 11) is 0. The van der Waals surface area contributed by atoms with Crippen LogP contribution in [0.4, 0.5) is 4.39 Å². The molecular formula is C12H13BrFN3. The van der Waals surface area contributed by atoms with Gasteiger partial charge < -0.3 is 10.3 Å². The third-order valence-corrected chi connectivity index (χ3v) is 3.07. The summed E-state index contributed by atoms with van der Waals surface area (Å²) in [5, 5.41) is 3.24. The largest absolute Gasteiger partial charge is 0.347 e. The maximum atomic E-state index is 13.6. The van der Waals surface area contributed by atoms with Gasteiger partial charge in [0.2, 0.25) is 0 Å². The van der Waals surface area contributed by atoms with Crippen LogP contribution in [0.2, 0.25) is 0 Å². The summed E-state index contributed by atoms with van der Waals surface area (Å²) in [6, 6.07) is 4.89. The topological polar surface area (TPSA) is 40.7 Å². The van der Waals surface area contributed by atoms with Gasteiger partial charge in [0.1, 0.15) is 5.82 Å². The van der Waals surface area contributed by atoms with Gasteiger partial charge in [0.25, 0.3) is 0 Å². The third-order valence-electron chi connectivity index (χ3n) is 2.58. The predicted octanol–water partition coefficient (Wildman–Crippen LogP) is 3.16. The van der Waals surface area contributed by atoms with Crippen molar-refractivity contribution in [2.45, 2.75) is 19.5 Å². The molecule has 0 spiro atoms. The van der Waals surface area contributed by atoms with Gasteiger partial charge in [0.05, 0.1) is 6.33 Å². The number of H-pyrrole nitrogens is 1. The number of aromatic amines is 1. The molecule has 1 heterocycles. The van der Waals surface area contributed by atoms with E-state index in [0.717, 1.165) is 10.2 Å². The molecular weight excluding hydrogens is 285 g/mol. The molecule has 2 N–H and O–H groups in total. The second kappa shape index (κ2) is 5.42. The lowest BCUT2D eigenvalue weighted by atomic mass is 10.1. The summed E-state index contributed by atoms with van der Waals surface area (Å²) < 4.78 is 14.5. The highest BCUT2D eigenvalue weighted by Crippen LogP contribution is 2.21. The van der Waals surface area contributed by atoms with Gasteiger partial charge in [-0.2, -0.15) is 0 Å². The summed E-state index contributed by atoms with van der Waals surface area (Å²) in [4.78, 5) is 6.92. The van der Waals surface area contributed by atoms with Crippen LogP contribution < -0.4 is 5.32 Å². The molecule has 17 heavy (non-hydrogen) atoms. The Morgan fingerprint density at radius 3 is 3.06 bits per heavy atom. The maximum absolute atomic E-state index is 13.6. The Bertz CT molecular complexity index is 485. The molecule has 0 saturated heterocycles. The zero-order valence-corrected chi connectivity index (χ0v) is 11.0. The lowest BCUT2D eigenvalue weighted by molar-refractivity contribution is 0.525. The minimum Gasteiger partial charge on any atom is -0.347 e. The van der Waals surface area contributed by atoms with E-state index in [0.29, 0.717) is 12.1 Å². The number of hydrogen-bond acceptors (Lipinski definition) is 2. The van der Waals surface area contributed by atoms with Crippen LogP contribution in [-0.2, 0) is 6.54 Å². The van der Waals surface area contributed by atoms with Crippen LogP contribution in [0.15, 0.2) is 35.2 Å². The summed E-state index contributed by atoms with van der Waals surface area (Å²) in [6.45, 7) is 2.56. The van der Waals surface area contributed by atoms with Gasteiger partial charge in [-0.15, -0.1) is 0 Å². The van der Waals surface area contributed by atoms with Crippen LogP contribution in [0.3, 0.4) is 0 Å². The molecule has 1 unspecified atom stereocenters. The number of aromatic nitrogens is 2. The van der Waals surface area contributed by atoms with Crippen LogP contribution in [0, 0.1) is 5.82 Å². The van der Waals surface area contributed by atoms with E-state index >= 15 is 0 Å². The van der Waals surface area contributed by atoms with E-state index in [4.69, 9.17) is 0 Å². The van der Waals surface area contributed by atoms with E-state index in [1.54, 1.807) is 24.7 Å². The van der Waals surface area contributed by atoms with Gasteiger partial charge in [0.15, 0.2) is 0 Å². The van der Waals surface area contributed by atoms with E-state index < -0.39 is 0 Å². The van der Waals surface area contributed by atoms with Crippen molar-refractivity contribution in [1.29, 1.82) is 0 Å². The monoisotopic (exact) mass is 297 g/mol. The highest BCUT2D eigenvalue weighted by atomic mass is 79.9. The minimum absolute atomic E-state index is 0.0594. The second-order valence-corrected chi connectivity index (χ2v) is 4.76. The molecule has 0 radical (unpaired) electrons. The van der Waals surface area contributed by atoms with Crippen LogP contribution in [0.25, 0.3) is 0 Å². The van der Waals surface area contributed by atoms with Crippen molar-refractivity contribution >= 4 is 15.9 Å². The molecule has 0 aliphatic heterocycles. The fourth-order valence-corrected chi connectivity index (χ4v) is 1.98. The molecule has 0 amide bonds. The number of nitrogens with one attached hydrogen (secondary N) is 2. The minimum atomic E-state index is -0.196. The normalized spacial score (nSPS) is 12.6. The van der Waals surface area contributed by atoms with Crippen LogP contribution in [-0.4, -0.2) is 9.97 Å². The molecule has 2 rings (SSSR count). The Labute approximate surface area is 108 Å². The molecule has 0 saturated carbocycles. The summed E-state index contributed by atoms with van der Waals surface area (Å²) in [5.74, 6) is -0.196. The molecule has 0 aliphatic rings. The first-order valence-electron chi connectivity index (χ1n) is 5.32. The second-order valence-electron chi connectivity index (χ2n) is 3.85. The predicted molar refractivity (Wildman–Crippen MR) is 67.9 cm³/mol. The molecule has 3 nitrogen and oxygen atoms in total. The van der Waals surface area contributed by atoms with Crippen molar-refractivity contribution in [3.8, 4) is 0 Å². The zero-order chi connectivity index (χ0) is 12.3. The fraction of sp³-hybridized carbons (Fsp3) is 0.250. The molecule has 0 bridgehead atoms. The summed E-state index contributed by atoms with van der Waals surface area (Å²) >= 11 is 3.34. The lowest BCUT2D eigenvalue weighted by Crippen LogP contribution is -2.19. The first kappa shape index (κ1) is 12.3. The Balaban J connectivity index is 2.04. The Hall–Kier alpha value is -1.20. The molecule has 1 aromatic heterocycles. The van der Waals surface area contributed by atoms with Crippen molar-refractivity contribution in [1.82, 2.24) is 15.3 Å². The lowest BCUT2D eigenvalue weighted by Gasteiger charge is -2.14. The van der Waals surface area contributed by atoms with Gasteiger partial charge in [-0.05, 0) is 25.1 Å². The molecule has 90 valence electrons. The maximum Gasteiger partial charge on any atom is 0.128 e. The molecule has 1 aromatic carbocycles. The zero-order valence-electron chi connectivity index (χ0n) is 9.37. The van der Waals surface area contributed by atoms with Crippen molar-refractivity contribution in [2.24, 2.45) is 0 Å². The SMILES string of the molecule is CC(NCc1cnc[nH]1)c1cc(Br)ccc1F. The number of rotatable bonds is 4. The van der Waals surface area contributed by atoms with Crippen molar-refractivity contribution in [3.63, 3.8) is 0 Å². The third kappa shape index (κ3) is 3.14. The smallest absolute Gasteiger partial charge is 0.128 e. The quantitative estimate of drug-likeness (QED) is 0.910. The van der Waals surface area contributed by atoms with Crippen molar-refractivity contribution in [2.75, 3.05) is 0 Å². The number of hydrogen-bond donors (Lipinski definition) is 2. The van der Waals surface area contributed by atoms with Gasteiger partial charge >= 0.3 is 0 Å². The van der Waals surface area contributed by atoms with E-state index in [2.05, 4.69) is 31.2 Å². The molecule has 5 heteroatoms. The first-order valence-corrected chi connectivity index (χ1v) is 6.11. The number of imidazole rings is 1. The van der Waals surface area contributed by atoms with Gasteiger partial charge in [-0.1, -0.05) is 15.9 Å². The van der Waals surface area contributed by atoms with Crippen LogP contribution >= 0.6 is 15.9 Å². The van der Waals surface area contributed by atoms with E-state index in [9.17, 15) is 4.39 Å². The molecule has 1 atom stereocenters. The average Bonchev–Trinajstić information content (AvgIpc) is 2.82. The van der Waals surface area contributed by atoms with Gasteiger partial charge in [0, 0.05) is 34.5 Å². The Morgan fingerprint density at radius 1 is 1.53 bits per heavy atom. The van der Waals surface area contributed by atoms with Crippen LogP contribution in [0.5, 0.6) is 0 Å². The summed E-state index contributed by atoms with van der Waals surface area (Å²) in [6.07, 6.45) is 3.37. The number of nitrogens with zero attached hydrogens (tertiary/aromatic N) is 1. The van der Waals surface area contributed by atoms with E-state index in [1.807, 2.05) is 6.92 Å². The number of benzene rings is 1. The van der Waals surface area contributed by atoms with Crippen molar-refractivity contribution < 1.29 is 4.39 Å². The highest BCUT2D eigenvalue weighted by molar-refractivity contribution is 9.10. The van der Waals surface area contributed by atoms with Gasteiger partial charge in [-0.25, -0.2) is 9.37 Å². The molecule has 0 aliphatic carbocycles. The first-order chi connectivity index (χ1) is 8.16. The van der Waals surface area contributed by atoms with E-state index in [1.165, 1.54) is 6.07 Å². The standard InChI is InChI=1S/C12H13BrFN3/c1-8(16-6-10-5-15-7-17-10)11-4-9(13)2-3-12(11)14/h2-5,7-8,16H,6H2,1H3,(H,15,17). The Morgan fingerprint density at radius 2 is 2.35 bits per heavy atom. The molecule has 0 fully saturated rings. The van der Waals surface area contributed by atoms with E-state index in [-0.39, 0.29) is 11.9 Å². The molecule has 2 aromatic rings. The average molecular weight is 298 g/mol. The van der Waals surface area contributed by atoms with Crippen LogP contribution in [0.1, 0.15) is 24.2 Å². The fourth-order valence-electron chi connectivity index (χ4n) is 1.60.